The average Bonchev–Trinajstić information content (AvgIpc) is 2.86. The molecule has 1 aromatic rings. The molecule has 2 heterocycles. The van der Waals surface area contributed by atoms with E-state index in [0.29, 0.717) is 13.0 Å². The van der Waals surface area contributed by atoms with Crippen LogP contribution in [0.15, 0.2) is 0 Å². The van der Waals surface area contributed by atoms with Gasteiger partial charge in [-0.05, 0) is 19.8 Å². The lowest BCUT2D eigenvalue weighted by Gasteiger charge is -2.17. The lowest BCUT2D eigenvalue weighted by molar-refractivity contribution is -0.119. The van der Waals surface area contributed by atoms with Crippen LogP contribution in [0.4, 0.5) is 11.6 Å². The zero-order chi connectivity index (χ0) is 15.2. The summed E-state index contributed by atoms with van der Waals surface area (Å²) >= 11 is 0. The third-order valence-corrected chi connectivity index (χ3v) is 3.53. The molecule has 116 valence electrons. The number of rotatable bonds is 7. The van der Waals surface area contributed by atoms with Crippen molar-refractivity contribution in [3.63, 3.8) is 0 Å². The third kappa shape index (κ3) is 4.06. The van der Waals surface area contributed by atoms with Crippen molar-refractivity contribution in [2.45, 2.75) is 52.5 Å². The molecule has 21 heavy (non-hydrogen) atoms. The molecular formula is C15H25N5O. The van der Waals surface area contributed by atoms with Crippen molar-refractivity contribution in [3.05, 3.63) is 11.4 Å². The largest absolute Gasteiger partial charge is 0.370 e. The van der Waals surface area contributed by atoms with Gasteiger partial charge in [0, 0.05) is 31.5 Å². The van der Waals surface area contributed by atoms with Crippen LogP contribution in [0.5, 0.6) is 0 Å². The van der Waals surface area contributed by atoms with Crippen molar-refractivity contribution in [2.75, 3.05) is 23.7 Å². The summed E-state index contributed by atoms with van der Waals surface area (Å²) in [6, 6.07) is 0.111. The monoisotopic (exact) mass is 291 g/mol. The van der Waals surface area contributed by atoms with Crippen molar-refractivity contribution in [3.8, 4) is 0 Å². The number of carbonyl (C=O) groups is 1. The molecule has 1 unspecified atom stereocenters. The molecule has 0 radical (unpaired) electrons. The molecule has 1 atom stereocenters. The summed E-state index contributed by atoms with van der Waals surface area (Å²) in [5.41, 5.74) is 1.02. The first-order chi connectivity index (χ1) is 10.1. The van der Waals surface area contributed by atoms with E-state index in [1.54, 1.807) is 0 Å². The summed E-state index contributed by atoms with van der Waals surface area (Å²) in [7, 11) is 0. The fraction of sp³-hybridized carbons (Fsp3) is 0.667. The second-order valence-electron chi connectivity index (χ2n) is 5.49. The molecule has 3 N–H and O–H groups in total. The zero-order valence-electron chi connectivity index (χ0n) is 13.1. The van der Waals surface area contributed by atoms with Crippen molar-refractivity contribution in [1.82, 2.24) is 15.3 Å². The molecule has 0 aromatic carbocycles. The smallest absolute Gasteiger partial charge is 0.222 e. The van der Waals surface area contributed by atoms with Crippen molar-refractivity contribution in [2.24, 2.45) is 0 Å². The number of anilines is 2. The number of aryl methyl sites for hydroxylation is 1. The van der Waals surface area contributed by atoms with Crippen LogP contribution in [0.3, 0.4) is 0 Å². The summed E-state index contributed by atoms with van der Waals surface area (Å²) in [5, 5.41) is 9.58. The highest BCUT2D eigenvalue weighted by Gasteiger charge is 2.23. The number of amides is 1. The molecule has 1 fully saturated rings. The molecule has 1 aliphatic rings. The van der Waals surface area contributed by atoms with Gasteiger partial charge in [0.25, 0.3) is 0 Å². The van der Waals surface area contributed by atoms with Gasteiger partial charge in [0.2, 0.25) is 5.91 Å². The Kier molecular flexibility index (Phi) is 5.36. The molecule has 0 spiro atoms. The summed E-state index contributed by atoms with van der Waals surface area (Å²) in [5.74, 6) is 2.68. The fourth-order valence-electron chi connectivity index (χ4n) is 2.35. The van der Waals surface area contributed by atoms with Gasteiger partial charge in [0.15, 0.2) is 0 Å². The first-order valence-corrected chi connectivity index (χ1v) is 7.78. The normalized spacial score (nSPS) is 17.7. The third-order valence-electron chi connectivity index (χ3n) is 3.53. The Bertz CT molecular complexity index is 503. The number of hydrogen-bond acceptors (Lipinski definition) is 5. The predicted octanol–water partition coefficient (Wildman–Crippen LogP) is 1.86. The Morgan fingerprint density at radius 1 is 1.24 bits per heavy atom. The molecule has 1 saturated heterocycles. The topological polar surface area (TPSA) is 78.9 Å². The lowest BCUT2D eigenvalue weighted by atomic mass is 10.2. The van der Waals surface area contributed by atoms with E-state index in [9.17, 15) is 4.79 Å². The van der Waals surface area contributed by atoms with Gasteiger partial charge in [-0.2, -0.15) is 0 Å². The van der Waals surface area contributed by atoms with E-state index in [1.165, 1.54) is 0 Å². The molecule has 1 aromatic heterocycles. The van der Waals surface area contributed by atoms with Gasteiger partial charge in [-0.3, -0.25) is 4.79 Å². The van der Waals surface area contributed by atoms with Gasteiger partial charge in [-0.15, -0.1) is 0 Å². The van der Waals surface area contributed by atoms with E-state index in [1.807, 2.05) is 6.92 Å². The van der Waals surface area contributed by atoms with Crippen LogP contribution in [0.25, 0.3) is 0 Å². The molecule has 0 aliphatic carbocycles. The van der Waals surface area contributed by atoms with Gasteiger partial charge in [0.1, 0.15) is 17.5 Å². The maximum atomic E-state index is 11.3. The first-order valence-electron chi connectivity index (χ1n) is 7.78. The molecule has 0 saturated carbocycles. The average molecular weight is 291 g/mol. The van der Waals surface area contributed by atoms with Gasteiger partial charge in [0.05, 0.1) is 6.04 Å². The summed E-state index contributed by atoms with van der Waals surface area (Å²) in [4.78, 5) is 20.5. The Balaban J connectivity index is 2.20. The molecule has 1 amide bonds. The highest BCUT2D eigenvalue weighted by Crippen LogP contribution is 2.22. The van der Waals surface area contributed by atoms with E-state index >= 15 is 0 Å². The lowest BCUT2D eigenvalue weighted by Crippen LogP contribution is -2.24. The fourth-order valence-corrected chi connectivity index (χ4v) is 2.35. The maximum Gasteiger partial charge on any atom is 0.222 e. The number of nitrogens with zero attached hydrogens (tertiary/aromatic N) is 2. The van der Waals surface area contributed by atoms with Crippen LogP contribution in [-0.4, -0.2) is 35.0 Å². The summed E-state index contributed by atoms with van der Waals surface area (Å²) < 4.78 is 0. The van der Waals surface area contributed by atoms with E-state index in [-0.39, 0.29) is 11.9 Å². The molecule has 2 rings (SSSR count). The number of hydrogen-bond donors (Lipinski definition) is 3. The second kappa shape index (κ2) is 7.24. The van der Waals surface area contributed by atoms with E-state index in [4.69, 9.17) is 0 Å². The standard InChI is InChI=1S/C15H25N5O/c1-4-6-12-19-14(16-7-5-2)10(3)15(20-12)18-11-8-13(21)17-9-11/h11H,4-9H2,1-3H3,(H,17,21)(H2,16,18,19,20). The molecule has 6 nitrogen and oxygen atoms in total. The SMILES string of the molecule is CCCNc1nc(CCC)nc(NC2CNC(=O)C2)c1C. The van der Waals surface area contributed by atoms with Crippen LogP contribution >= 0.6 is 0 Å². The van der Waals surface area contributed by atoms with E-state index < -0.39 is 0 Å². The number of aromatic nitrogens is 2. The summed E-state index contributed by atoms with van der Waals surface area (Å²) in [6.45, 7) is 7.82. The predicted molar refractivity (Wildman–Crippen MR) is 84.6 cm³/mol. The highest BCUT2D eigenvalue weighted by molar-refractivity contribution is 5.79. The molecular weight excluding hydrogens is 266 g/mol. The van der Waals surface area contributed by atoms with Gasteiger partial charge in [-0.1, -0.05) is 13.8 Å². The van der Waals surface area contributed by atoms with Crippen LogP contribution in [-0.2, 0) is 11.2 Å². The minimum Gasteiger partial charge on any atom is -0.370 e. The molecule has 0 bridgehead atoms. The number of nitrogens with one attached hydrogen (secondary N) is 3. The van der Waals surface area contributed by atoms with Crippen LogP contribution in [0.1, 0.15) is 44.5 Å². The highest BCUT2D eigenvalue weighted by atomic mass is 16.1. The maximum absolute atomic E-state index is 11.3. The van der Waals surface area contributed by atoms with Crippen molar-refractivity contribution in [1.29, 1.82) is 0 Å². The number of carbonyl (C=O) groups excluding carboxylic acids is 1. The Labute approximate surface area is 126 Å². The Morgan fingerprint density at radius 3 is 2.62 bits per heavy atom. The van der Waals surface area contributed by atoms with E-state index in [0.717, 1.165) is 48.8 Å². The van der Waals surface area contributed by atoms with Crippen LogP contribution in [0.2, 0.25) is 0 Å². The minimum absolute atomic E-state index is 0.0947. The van der Waals surface area contributed by atoms with Crippen molar-refractivity contribution >= 4 is 17.5 Å². The first kappa shape index (κ1) is 15.5. The second-order valence-corrected chi connectivity index (χ2v) is 5.49. The zero-order valence-corrected chi connectivity index (χ0v) is 13.1. The summed E-state index contributed by atoms with van der Waals surface area (Å²) in [6.07, 6.45) is 3.43. The van der Waals surface area contributed by atoms with Gasteiger partial charge >= 0.3 is 0 Å². The van der Waals surface area contributed by atoms with Gasteiger partial charge in [-0.25, -0.2) is 9.97 Å². The quantitative estimate of drug-likeness (QED) is 0.714. The minimum atomic E-state index is 0.0947. The Hall–Kier alpha value is -1.85. The van der Waals surface area contributed by atoms with Gasteiger partial charge < -0.3 is 16.0 Å². The van der Waals surface area contributed by atoms with Crippen LogP contribution in [0, 0.1) is 6.92 Å². The molecule has 6 heteroatoms. The van der Waals surface area contributed by atoms with Crippen molar-refractivity contribution < 1.29 is 4.79 Å². The molecule has 1 aliphatic heterocycles. The van der Waals surface area contributed by atoms with Crippen LogP contribution < -0.4 is 16.0 Å². The van der Waals surface area contributed by atoms with E-state index in [2.05, 4.69) is 39.8 Å². The Morgan fingerprint density at radius 2 is 2.00 bits per heavy atom.